The minimum absolute atomic E-state index is 0.102. The Labute approximate surface area is 193 Å². The minimum Gasteiger partial charge on any atom is -0.477 e. The number of carbonyl (C=O) groups is 3. The van der Waals surface area contributed by atoms with Crippen molar-refractivity contribution in [2.75, 3.05) is 18.6 Å². The lowest BCUT2D eigenvalue weighted by atomic mass is 10.0. The lowest BCUT2D eigenvalue weighted by Gasteiger charge is -2.49. The van der Waals surface area contributed by atoms with Crippen molar-refractivity contribution in [1.82, 2.24) is 20.2 Å². The molecule has 0 spiro atoms. The molecule has 2 amide bonds. The van der Waals surface area contributed by atoms with Gasteiger partial charge in [0.2, 0.25) is 0 Å². The van der Waals surface area contributed by atoms with Crippen molar-refractivity contribution in [3.63, 3.8) is 0 Å². The second-order valence-corrected chi connectivity index (χ2v) is 9.36. The van der Waals surface area contributed by atoms with Crippen molar-refractivity contribution < 1.29 is 24.3 Å². The van der Waals surface area contributed by atoms with Crippen LogP contribution in [0.3, 0.4) is 0 Å². The Balaban J connectivity index is 1.53. The SMILES string of the molecule is CON=C(C(=O)NC1C(=O)N2C(C(=O)O)=C(C=Cc3nccs3)CS[C@H]12)c1csc(N)n1. The predicted octanol–water partition coefficient (Wildman–Crippen LogP) is 0.984. The summed E-state index contributed by atoms with van der Waals surface area (Å²) >= 11 is 3.90. The van der Waals surface area contributed by atoms with Crippen molar-refractivity contribution in [3.8, 4) is 0 Å². The van der Waals surface area contributed by atoms with E-state index in [1.54, 1.807) is 23.7 Å². The highest BCUT2D eigenvalue weighted by Crippen LogP contribution is 2.40. The Morgan fingerprint density at radius 2 is 2.22 bits per heavy atom. The van der Waals surface area contributed by atoms with E-state index in [2.05, 4.69) is 20.4 Å². The number of carbonyl (C=O) groups excluding carboxylic acids is 2. The molecule has 2 aromatic rings. The number of thioether (sulfide) groups is 1. The van der Waals surface area contributed by atoms with Crippen LogP contribution in [0, 0.1) is 0 Å². The number of nitrogens with one attached hydrogen (secondary N) is 1. The summed E-state index contributed by atoms with van der Waals surface area (Å²) in [6.07, 6.45) is 5.01. The van der Waals surface area contributed by atoms with E-state index in [1.807, 2.05) is 5.38 Å². The number of nitrogen functional groups attached to an aromatic ring is 1. The highest BCUT2D eigenvalue weighted by atomic mass is 32.2. The Kier molecular flexibility index (Phi) is 6.25. The molecular formula is C18H16N6O5S3. The van der Waals surface area contributed by atoms with Gasteiger partial charge in [-0.2, -0.15) is 0 Å². The Hall–Kier alpha value is -3.23. The van der Waals surface area contributed by atoms with E-state index in [0.717, 1.165) is 16.3 Å². The summed E-state index contributed by atoms with van der Waals surface area (Å²) in [6, 6.07) is -0.913. The number of hydrogen-bond donors (Lipinski definition) is 3. The number of aliphatic carboxylic acids is 1. The molecule has 0 saturated carbocycles. The monoisotopic (exact) mass is 492 g/mol. The van der Waals surface area contributed by atoms with E-state index in [4.69, 9.17) is 10.6 Å². The number of thiazole rings is 2. The number of nitrogens with zero attached hydrogens (tertiary/aromatic N) is 4. The third kappa shape index (κ3) is 4.11. The summed E-state index contributed by atoms with van der Waals surface area (Å²) in [7, 11) is 1.28. The zero-order valence-corrected chi connectivity index (χ0v) is 18.9. The minimum atomic E-state index is -1.22. The van der Waals surface area contributed by atoms with Crippen LogP contribution in [0.1, 0.15) is 10.7 Å². The van der Waals surface area contributed by atoms with Gasteiger partial charge in [-0.15, -0.1) is 34.4 Å². The third-order valence-electron chi connectivity index (χ3n) is 4.53. The number of fused-ring (bicyclic) bond motifs is 1. The van der Waals surface area contributed by atoms with Gasteiger partial charge in [0.05, 0.1) is 0 Å². The molecule has 4 N–H and O–H groups in total. The van der Waals surface area contributed by atoms with Crippen molar-refractivity contribution in [3.05, 3.63) is 45.0 Å². The number of nitrogens with two attached hydrogens (primary N) is 1. The molecule has 0 aliphatic carbocycles. The number of β-lactam (4-membered cyclic amide) rings is 1. The Bertz CT molecular complexity index is 1160. The molecule has 1 unspecified atom stereocenters. The zero-order valence-electron chi connectivity index (χ0n) is 16.4. The molecule has 14 heteroatoms. The summed E-state index contributed by atoms with van der Waals surface area (Å²) in [4.78, 5) is 51.6. The summed E-state index contributed by atoms with van der Waals surface area (Å²) in [5.41, 5.74) is 6.09. The lowest BCUT2D eigenvalue weighted by Crippen LogP contribution is -2.71. The molecule has 1 saturated heterocycles. The molecule has 0 radical (unpaired) electrons. The van der Waals surface area contributed by atoms with Gasteiger partial charge in [-0.1, -0.05) is 11.2 Å². The van der Waals surface area contributed by atoms with Gasteiger partial charge in [-0.3, -0.25) is 14.5 Å². The number of carboxylic acid groups (broad SMARTS) is 1. The molecule has 2 aliphatic heterocycles. The number of amides is 2. The first-order chi connectivity index (χ1) is 15.4. The van der Waals surface area contributed by atoms with Crippen molar-refractivity contribution >= 4 is 69.1 Å². The number of rotatable bonds is 7. The molecule has 2 aliphatic rings. The van der Waals surface area contributed by atoms with Gasteiger partial charge in [0.25, 0.3) is 11.8 Å². The van der Waals surface area contributed by atoms with Crippen LogP contribution in [0.5, 0.6) is 0 Å². The normalized spacial score (nSPS) is 20.8. The Morgan fingerprint density at radius 1 is 1.41 bits per heavy atom. The van der Waals surface area contributed by atoms with Crippen molar-refractivity contribution in [2.45, 2.75) is 11.4 Å². The largest absolute Gasteiger partial charge is 0.477 e. The first-order valence-electron chi connectivity index (χ1n) is 9.02. The molecule has 0 aromatic carbocycles. The van der Waals surface area contributed by atoms with E-state index < -0.39 is 29.2 Å². The van der Waals surface area contributed by atoms with E-state index in [9.17, 15) is 19.5 Å². The molecule has 1 fully saturated rings. The first-order valence-corrected chi connectivity index (χ1v) is 11.8. The summed E-state index contributed by atoms with van der Waals surface area (Å²) in [5, 5.41) is 19.8. The van der Waals surface area contributed by atoms with Crippen LogP contribution in [-0.4, -0.2) is 67.7 Å². The van der Waals surface area contributed by atoms with Crippen LogP contribution < -0.4 is 11.1 Å². The van der Waals surface area contributed by atoms with E-state index in [-0.39, 0.29) is 22.2 Å². The highest BCUT2D eigenvalue weighted by molar-refractivity contribution is 8.00. The molecule has 32 heavy (non-hydrogen) atoms. The topological polar surface area (TPSA) is 160 Å². The highest BCUT2D eigenvalue weighted by Gasteiger charge is 2.54. The van der Waals surface area contributed by atoms with E-state index >= 15 is 0 Å². The smallest absolute Gasteiger partial charge is 0.352 e. The van der Waals surface area contributed by atoms with Gasteiger partial charge in [-0.05, 0) is 11.6 Å². The third-order valence-corrected chi connectivity index (χ3v) is 7.24. The van der Waals surface area contributed by atoms with Crippen LogP contribution in [0.25, 0.3) is 6.08 Å². The molecule has 11 nitrogen and oxygen atoms in total. The van der Waals surface area contributed by atoms with Gasteiger partial charge >= 0.3 is 5.97 Å². The standard InChI is InChI=1S/C18H16N6O5S3/c1-29-23-11(9-7-32-18(19)21-9)14(25)22-12-15(26)24-13(17(27)28)8(6-31-16(12)24)2-3-10-20-4-5-30-10/h2-5,7,12,16H,6H2,1H3,(H2,19,21)(H,22,25)(H,27,28)/t12?,16-/m1/s1. The predicted molar refractivity (Wildman–Crippen MR) is 121 cm³/mol. The average molecular weight is 493 g/mol. The maximum atomic E-state index is 12.8. The zero-order chi connectivity index (χ0) is 22.8. The van der Waals surface area contributed by atoms with Gasteiger partial charge in [-0.25, -0.2) is 14.8 Å². The van der Waals surface area contributed by atoms with Gasteiger partial charge in [0, 0.05) is 22.7 Å². The van der Waals surface area contributed by atoms with Crippen LogP contribution in [0.4, 0.5) is 5.13 Å². The van der Waals surface area contributed by atoms with Crippen LogP contribution in [0.15, 0.2) is 39.5 Å². The van der Waals surface area contributed by atoms with Crippen LogP contribution in [0.2, 0.25) is 0 Å². The maximum absolute atomic E-state index is 12.8. The second-order valence-electron chi connectivity index (χ2n) is 6.44. The summed E-state index contributed by atoms with van der Waals surface area (Å²) in [5.74, 6) is -2.06. The number of aromatic nitrogens is 2. The first kappa shape index (κ1) is 22.0. The molecule has 4 heterocycles. The fourth-order valence-electron chi connectivity index (χ4n) is 3.16. The summed E-state index contributed by atoms with van der Waals surface area (Å²) in [6.45, 7) is 0. The number of allylic oxidation sites excluding steroid dienone is 1. The number of carboxylic acids is 1. The van der Waals surface area contributed by atoms with E-state index in [1.165, 1.54) is 35.1 Å². The number of anilines is 1. The van der Waals surface area contributed by atoms with Crippen LogP contribution in [-0.2, 0) is 19.2 Å². The lowest BCUT2D eigenvalue weighted by molar-refractivity contribution is -0.150. The molecule has 2 aromatic heterocycles. The van der Waals surface area contributed by atoms with Crippen molar-refractivity contribution in [2.24, 2.45) is 5.16 Å². The molecule has 0 bridgehead atoms. The van der Waals surface area contributed by atoms with Crippen molar-refractivity contribution in [1.29, 1.82) is 0 Å². The fraction of sp³-hybridized carbons (Fsp3) is 0.222. The quantitative estimate of drug-likeness (QED) is 0.291. The molecule has 2 atom stereocenters. The Morgan fingerprint density at radius 3 is 2.84 bits per heavy atom. The molecule has 166 valence electrons. The maximum Gasteiger partial charge on any atom is 0.352 e. The van der Waals surface area contributed by atoms with Gasteiger partial charge < -0.3 is 21.0 Å². The fourth-order valence-corrected chi connectivity index (χ4v) is 5.56. The summed E-state index contributed by atoms with van der Waals surface area (Å²) < 4.78 is 0. The second kappa shape index (κ2) is 9.10. The van der Waals surface area contributed by atoms with Gasteiger partial charge in [0.1, 0.15) is 34.9 Å². The van der Waals surface area contributed by atoms with Gasteiger partial charge in [0.15, 0.2) is 10.8 Å². The van der Waals surface area contributed by atoms with E-state index in [0.29, 0.717) is 11.3 Å². The number of hydrogen-bond acceptors (Lipinski definition) is 11. The van der Waals surface area contributed by atoms with Crippen LogP contribution >= 0.6 is 34.4 Å². The molecular weight excluding hydrogens is 476 g/mol. The average Bonchev–Trinajstić information content (AvgIpc) is 3.45. The molecule has 4 rings (SSSR count). The number of oxime groups is 1.